The molecule has 0 radical (unpaired) electrons. The van der Waals surface area contributed by atoms with Gasteiger partial charge in [0, 0.05) is 17.0 Å². The van der Waals surface area contributed by atoms with Crippen LogP contribution in [0.25, 0.3) is 0 Å². The van der Waals surface area contributed by atoms with Gasteiger partial charge < -0.3 is 5.32 Å². The summed E-state index contributed by atoms with van der Waals surface area (Å²) >= 11 is 0. The smallest absolute Gasteiger partial charge is 0.307 e. The summed E-state index contributed by atoms with van der Waals surface area (Å²) < 4.78 is 0. The molecule has 3 rings (SSSR count). The quantitative estimate of drug-likeness (QED) is 0.823. The molecule has 0 spiro atoms. The van der Waals surface area contributed by atoms with Crippen LogP contribution in [0.2, 0.25) is 0 Å². The third-order valence-electron chi connectivity index (χ3n) is 5.60. The van der Waals surface area contributed by atoms with Crippen LogP contribution in [0, 0.1) is 16.7 Å². The molecule has 2 bridgehead atoms. The lowest BCUT2D eigenvalue weighted by molar-refractivity contribution is -0.123. The molecule has 0 aliphatic heterocycles. The molecule has 0 aromatic heterocycles. The van der Waals surface area contributed by atoms with Gasteiger partial charge in [-0.3, -0.25) is 4.79 Å². The summed E-state index contributed by atoms with van der Waals surface area (Å²) in [4.78, 5) is 24.5. The zero-order valence-corrected chi connectivity index (χ0v) is 13.1. The summed E-state index contributed by atoms with van der Waals surface area (Å²) in [5.41, 5.74) is 3.21. The predicted molar refractivity (Wildman–Crippen MR) is 85.7 cm³/mol. The number of ketones is 1. The van der Waals surface area contributed by atoms with Crippen LogP contribution in [0.1, 0.15) is 33.6 Å². The molecule has 0 saturated heterocycles. The van der Waals surface area contributed by atoms with Gasteiger partial charge in [-0.1, -0.05) is 39.0 Å². The molecule has 2 N–H and O–H groups in total. The van der Waals surface area contributed by atoms with E-state index >= 15 is 0 Å². The van der Waals surface area contributed by atoms with E-state index in [2.05, 4.69) is 29.7 Å². The monoisotopic (exact) mass is 299 g/mol. The number of anilines is 1. The summed E-state index contributed by atoms with van der Waals surface area (Å²) in [7, 11) is 0. The second kappa shape index (κ2) is 4.93. The topological polar surface area (TPSA) is 70.6 Å². The maximum Gasteiger partial charge on any atom is 0.339 e. The molecule has 1 aromatic rings. The molecule has 2 aliphatic rings. The molecule has 2 saturated carbocycles. The van der Waals surface area contributed by atoms with Gasteiger partial charge >= 0.3 is 6.03 Å². The Hall–Kier alpha value is -2.17. The Morgan fingerprint density at radius 3 is 2.50 bits per heavy atom. The van der Waals surface area contributed by atoms with Crippen molar-refractivity contribution in [1.82, 2.24) is 5.43 Å². The fourth-order valence-corrected chi connectivity index (χ4v) is 3.75. The van der Waals surface area contributed by atoms with Crippen LogP contribution in [0.4, 0.5) is 10.5 Å². The third-order valence-corrected chi connectivity index (χ3v) is 5.60. The minimum Gasteiger partial charge on any atom is -0.307 e. The molecule has 0 unspecified atom stereocenters. The van der Waals surface area contributed by atoms with Crippen LogP contribution in [0.3, 0.4) is 0 Å². The number of benzene rings is 1. The van der Waals surface area contributed by atoms with Crippen LogP contribution in [-0.2, 0) is 4.79 Å². The van der Waals surface area contributed by atoms with Gasteiger partial charge in [-0.2, -0.15) is 5.10 Å². The molecule has 5 nitrogen and oxygen atoms in total. The van der Waals surface area contributed by atoms with Crippen molar-refractivity contribution in [3.63, 3.8) is 0 Å². The number of urea groups is 1. The van der Waals surface area contributed by atoms with Crippen LogP contribution in [-0.4, -0.2) is 17.5 Å². The number of Topliss-reactive ketones (excluding diaryl/α,β-unsaturated/α-hetero) is 1. The molecule has 116 valence electrons. The van der Waals surface area contributed by atoms with Crippen molar-refractivity contribution in [2.45, 2.75) is 33.6 Å². The number of nitrogens with zero attached hydrogens (tertiary/aromatic N) is 1. The lowest BCUT2D eigenvalue weighted by atomic mass is 9.70. The zero-order chi connectivity index (χ0) is 16.0. The highest BCUT2D eigenvalue weighted by molar-refractivity contribution is 6.45. The molecule has 1 aromatic carbocycles. The predicted octanol–water partition coefficient (Wildman–Crippen LogP) is 3.19. The van der Waals surface area contributed by atoms with Crippen molar-refractivity contribution >= 4 is 23.2 Å². The molecule has 0 heterocycles. The van der Waals surface area contributed by atoms with Crippen molar-refractivity contribution in [1.29, 1.82) is 0 Å². The summed E-state index contributed by atoms with van der Waals surface area (Å²) in [6.45, 7) is 6.26. The van der Waals surface area contributed by atoms with Crippen LogP contribution < -0.4 is 10.7 Å². The van der Waals surface area contributed by atoms with Gasteiger partial charge in [-0.05, 0) is 30.4 Å². The molecular weight excluding hydrogens is 278 g/mol. The van der Waals surface area contributed by atoms with Crippen molar-refractivity contribution < 1.29 is 9.59 Å². The molecule has 22 heavy (non-hydrogen) atoms. The third kappa shape index (κ3) is 2.03. The number of amides is 2. The van der Waals surface area contributed by atoms with Gasteiger partial charge in [0.25, 0.3) is 0 Å². The Balaban J connectivity index is 1.72. The average Bonchev–Trinajstić information content (AvgIpc) is 2.79. The second-order valence-corrected chi connectivity index (χ2v) is 6.90. The first kappa shape index (κ1) is 14.8. The van der Waals surface area contributed by atoms with Crippen LogP contribution >= 0.6 is 0 Å². The Labute approximate surface area is 130 Å². The van der Waals surface area contributed by atoms with Crippen molar-refractivity contribution in [3.8, 4) is 0 Å². The zero-order valence-electron chi connectivity index (χ0n) is 13.1. The second-order valence-electron chi connectivity index (χ2n) is 6.90. The van der Waals surface area contributed by atoms with E-state index in [0.29, 0.717) is 11.4 Å². The summed E-state index contributed by atoms with van der Waals surface area (Å²) in [5.74, 6) is 0.204. The summed E-state index contributed by atoms with van der Waals surface area (Å²) in [6.07, 6.45) is 1.86. The van der Waals surface area contributed by atoms with E-state index < -0.39 is 6.03 Å². The number of hydrazone groups is 1. The number of para-hydroxylation sites is 1. The van der Waals surface area contributed by atoms with E-state index in [9.17, 15) is 9.59 Å². The van der Waals surface area contributed by atoms with Gasteiger partial charge in [-0.15, -0.1) is 0 Å². The minimum atomic E-state index is -0.433. The van der Waals surface area contributed by atoms with E-state index in [0.717, 1.165) is 12.8 Å². The number of fused-ring (bicyclic) bond motifs is 2. The van der Waals surface area contributed by atoms with E-state index in [-0.39, 0.29) is 22.5 Å². The molecule has 2 fully saturated rings. The highest BCUT2D eigenvalue weighted by Crippen LogP contribution is 2.62. The van der Waals surface area contributed by atoms with Crippen molar-refractivity contribution in [2.75, 3.05) is 5.32 Å². The van der Waals surface area contributed by atoms with Crippen LogP contribution in [0.5, 0.6) is 0 Å². The Morgan fingerprint density at radius 1 is 1.23 bits per heavy atom. The molecular formula is C17H21N3O2. The van der Waals surface area contributed by atoms with E-state index in [4.69, 9.17) is 0 Å². The maximum absolute atomic E-state index is 12.6. The fraction of sp³-hybridized carbons (Fsp3) is 0.471. The van der Waals surface area contributed by atoms with Crippen LogP contribution in [0.15, 0.2) is 35.4 Å². The largest absolute Gasteiger partial charge is 0.339 e. The lowest BCUT2D eigenvalue weighted by Crippen LogP contribution is -2.34. The number of carbonyl (C=O) groups is 2. The SMILES string of the molecule is CC1(C)[C@H]2CC[C@@]1(C)C(=O)/C2=N\NC(=O)Nc1ccccc1. The Bertz CT molecular complexity index is 651. The fourth-order valence-electron chi connectivity index (χ4n) is 3.75. The highest BCUT2D eigenvalue weighted by atomic mass is 16.2. The number of nitrogens with one attached hydrogen (secondary N) is 2. The minimum absolute atomic E-state index is 0.0776. The average molecular weight is 299 g/mol. The number of rotatable bonds is 2. The molecule has 5 heteroatoms. The van der Waals surface area contributed by atoms with Crippen molar-refractivity contribution in [2.24, 2.45) is 21.8 Å². The van der Waals surface area contributed by atoms with E-state index in [1.54, 1.807) is 12.1 Å². The first-order chi connectivity index (χ1) is 10.4. The van der Waals surface area contributed by atoms with Gasteiger partial charge in [0.1, 0.15) is 5.71 Å². The normalized spacial score (nSPS) is 30.6. The molecule has 2 amide bonds. The first-order valence-electron chi connectivity index (χ1n) is 7.61. The number of hydrogen-bond acceptors (Lipinski definition) is 3. The standard InChI is InChI=1S/C17H21N3O2/c1-16(2)12-9-10-17(16,3)14(21)13(12)19-20-15(22)18-11-7-5-4-6-8-11/h4-8,12H,9-10H2,1-3H3,(H2,18,20,22)/b19-13-/t12-,17-/m0/s1. The van der Waals surface area contributed by atoms with E-state index in [1.807, 2.05) is 25.1 Å². The van der Waals surface area contributed by atoms with Crippen molar-refractivity contribution in [3.05, 3.63) is 30.3 Å². The molecule has 2 atom stereocenters. The summed E-state index contributed by atoms with van der Waals surface area (Å²) in [6, 6.07) is 8.70. The van der Waals surface area contributed by atoms with Gasteiger partial charge in [0.2, 0.25) is 0 Å². The number of hydrogen-bond donors (Lipinski definition) is 2. The maximum atomic E-state index is 12.6. The Morgan fingerprint density at radius 2 is 1.91 bits per heavy atom. The van der Waals surface area contributed by atoms with Gasteiger partial charge in [-0.25, -0.2) is 10.2 Å². The first-order valence-corrected chi connectivity index (χ1v) is 7.61. The number of carbonyl (C=O) groups excluding carboxylic acids is 2. The lowest BCUT2D eigenvalue weighted by Gasteiger charge is -2.31. The molecule has 2 aliphatic carbocycles. The highest BCUT2D eigenvalue weighted by Gasteiger charge is 2.65. The summed E-state index contributed by atoms with van der Waals surface area (Å²) in [5, 5.41) is 6.82. The van der Waals surface area contributed by atoms with Gasteiger partial charge in [0.05, 0.1) is 0 Å². The van der Waals surface area contributed by atoms with E-state index in [1.165, 1.54) is 0 Å². The Kier molecular flexibility index (Phi) is 3.31. The van der Waals surface area contributed by atoms with Gasteiger partial charge in [0.15, 0.2) is 5.78 Å².